The third-order valence-corrected chi connectivity index (χ3v) is 5.50. The molecule has 0 saturated heterocycles. The van der Waals surface area contributed by atoms with Gasteiger partial charge in [0.25, 0.3) is 0 Å². The summed E-state index contributed by atoms with van der Waals surface area (Å²) >= 11 is 0. The lowest BCUT2D eigenvalue weighted by atomic mass is 9.97. The first-order valence-corrected chi connectivity index (χ1v) is 10.2. The van der Waals surface area contributed by atoms with Crippen molar-refractivity contribution in [2.24, 2.45) is 0 Å². The Kier molecular flexibility index (Phi) is 5.54. The normalized spacial score (nSPS) is 19.1. The molecule has 0 bridgehead atoms. The highest BCUT2D eigenvalue weighted by molar-refractivity contribution is 5.52. The molecule has 31 heavy (non-hydrogen) atoms. The van der Waals surface area contributed by atoms with Crippen molar-refractivity contribution < 1.29 is 9.47 Å². The van der Waals surface area contributed by atoms with E-state index in [1.807, 2.05) is 66.7 Å². The number of ether oxygens (including phenoxy) is 2. The van der Waals surface area contributed by atoms with Crippen molar-refractivity contribution in [3.8, 4) is 17.2 Å². The monoisotopic (exact) mass is 410 g/mol. The van der Waals surface area contributed by atoms with Crippen LogP contribution >= 0.6 is 0 Å². The highest BCUT2D eigenvalue weighted by Gasteiger charge is 2.45. The van der Waals surface area contributed by atoms with Crippen molar-refractivity contribution in [1.82, 2.24) is 0 Å². The molecule has 4 N–H and O–H groups in total. The van der Waals surface area contributed by atoms with Crippen molar-refractivity contribution in [3.63, 3.8) is 0 Å². The minimum atomic E-state index is 0.0315. The Morgan fingerprint density at radius 2 is 1.35 bits per heavy atom. The summed E-state index contributed by atoms with van der Waals surface area (Å²) in [5.41, 5.74) is 15.5. The number of nitrogens with two attached hydrogens (primary N) is 2. The van der Waals surface area contributed by atoms with Crippen LogP contribution in [0.2, 0.25) is 0 Å². The van der Waals surface area contributed by atoms with Crippen LogP contribution in [0.1, 0.15) is 18.9 Å². The minimum Gasteiger partial charge on any atom is -0.457 e. The molecular weight excluding hydrogens is 384 g/mol. The molecule has 3 aromatic carbocycles. The molecule has 0 spiro atoms. The van der Waals surface area contributed by atoms with Gasteiger partial charge in [0.05, 0.1) is 0 Å². The van der Waals surface area contributed by atoms with Gasteiger partial charge in [0.1, 0.15) is 23.0 Å². The van der Waals surface area contributed by atoms with Gasteiger partial charge in [-0.15, -0.1) is 0 Å². The largest absolute Gasteiger partial charge is 0.457 e. The molecule has 0 aromatic heterocycles. The summed E-state index contributed by atoms with van der Waals surface area (Å²) in [6, 6.07) is 22.9. The Morgan fingerprint density at radius 1 is 0.839 bits per heavy atom. The van der Waals surface area contributed by atoms with Crippen LogP contribution in [0.5, 0.6) is 17.2 Å². The van der Waals surface area contributed by atoms with E-state index in [0.29, 0.717) is 11.4 Å². The molecule has 1 atom stereocenters. The first kappa shape index (κ1) is 20.4. The predicted octanol–water partition coefficient (Wildman–Crippen LogP) is 6.38. The molecule has 156 valence electrons. The molecule has 0 heterocycles. The van der Waals surface area contributed by atoms with Gasteiger partial charge in [-0.2, -0.15) is 0 Å². The third-order valence-electron chi connectivity index (χ3n) is 5.50. The lowest BCUT2D eigenvalue weighted by molar-refractivity contribution is 0.445. The van der Waals surface area contributed by atoms with Crippen LogP contribution in [0.15, 0.2) is 109 Å². The van der Waals surface area contributed by atoms with E-state index in [9.17, 15) is 0 Å². The number of benzene rings is 3. The van der Waals surface area contributed by atoms with Crippen LogP contribution in [0, 0.1) is 0 Å². The van der Waals surface area contributed by atoms with E-state index in [-0.39, 0.29) is 5.41 Å². The molecule has 4 rings (SSSR count). The zero-order chi connectivity index (χ0) is 21.8. The van der Waals surface area contributed by atoms with Crippen LogP contribution < -0.4 is 20.9 Å². The van der Waals surface area contributed by atoms with Crippen molar-refractivity contribution >= 4 is 11.4 Å². The maximum atomic E-state index is 5.89. The molecule has 1 saturated carbocycles. The molecule has 1 fully saturated rings. The molecule has 1 unspecified atom stereocenters. The van der Waals surface area contributed by atoms with Gasteiger partial charge in [0.15, 0.2) is 0 Å². The molecule has 0 radical (unpaired) electrons. The van der Waals surface area contributed by atoms with Crippen LogP contribution in [0.25, 0.3) is 0 Å². The molecule has 3 aromatic rings. The Balaban J connectivity index is 1.42. The van der Waals surface area contributed by atoms with Gasteiger partial charge in [-0.25, -0.2) is 0 Å². The molecule has 4 nitrogen and oxygen atoms in total. The van der Waals surface area contributed by atoms with Crippen molar-refractivity contribution in [2.45, 2.75) is 18.8 Å². The second kappa shape index (κ2) is 8.44. The van der Waals surface area contributed by atoms with E-state index in [4.69, 9.17) is 20.9 Å². The lowest BCUT2D eigenvalue weighted by Crippen LogP contribution is -2.00. The molecule has 4 heteroatoms. The number of rotatable bonds is 7. The zero-order valence-electron chi connectivity index (χ0n) is 17.5. The molecule has 1 aliphatic carbocycles. The molecule has 0 amide bonds. The number of allylic oxidation sites excluding steroid dienone is 4. The second-order valence-corrected chi connectivity index (χ2v) is 7.84. The van der Waals surface area contributed by atoms with E-state index < -0.39 is 0 Å². The van der Waals surface area contributed by atoms with Gasteiger partial charge in [-0.3, -0.25) is 0 Å². The SMILES string of the molecule is C=C/C(=C\C=C1/CC1(C)c1ccc(Oc2ccc(N)cc2)cc1)Oc1ccc(N)cc1. The summed E-state index contributed by atoms with van der Waals surface area (Å²) in [7, 11) is 0. The third kappa shape index (κ3) is 4.81. The first-order chi connectivity index (χ1) is 15.0. The van der Waals surface area contributed by atoms with Crippen LogP contribution in [-0.2, 0) is 5.41 Å². The summed E-state index contributed by atoms with van der Waals surface area (Å²) in [4.78, 5) is 0. The second-order valence-electron chi connectivity index (χ2n) is 7.84. The molecule has 0 aliphatic heterocycles. The Hall–Kier alpha value is -3.92. The van der Waals surface area contributed by atoms with E-state index in [0.717, 1.165) is 29.4 Å². The number of nitrogen functional groups attached to an aromatic ring is 2. The molecular formula is C27H26N2O2. The lowest BCUT2D eigenvalue weighted by Gasteiger charge is -2.11. The van der Waals surface area contributed by atoms with Gasteiger partial charge in [-0.05, 0) is 84.8 Å². The summed E-state index contributed by atoms with van der Waals surface area (Å²) in [5.74, 6) is 2.99. The van der Waals surface area contributed by atoms with Crippen LogP contribution in [0.3, 0.4) is 0 Å². The minimum absolute atomic E-state index is 0.0315. The quantitative estimate of drug-likeness (QED) is 0.269. The molecule has 1 aliphatic rings. The highest BCUT2D eigenvalue weighted by atomic mass is 16.5. The topological polar surface area (TPSA) is 70.5 Å². The van der Waals surface area contributed by atoms with E-state index in [1.54, 1.807) is 6.08 Å². The summed E-state index contributed by atoms with van der Waals surface area (Å²) in [6.45, 7) is 6.10. The van der Waals surface area contributed by atoms with E-state index in [1.165, 1.54) is 11.1 Å². The predicted molar refractivity (Wildman–Crippen MR) is 127 cm³/mol. The maximum absolute atomic E-state index is 5.89. The summed E-state index contributed by atoms with van der Waals surface area (Å²) < 4.78 is 11.8. The fourth-order valence-electron chi connectivity index (χ4n) is 3.43. The highest BCUT2D eigenvalue weighted by Crippen LogP contribution is 2.53. The fourth-order valence-corrected chi connectivity index (χ4v) is 3.43. The van der Waals surface area contributed by atoms with Crippen LogP contribution in [0.4, 0.5) is 11.4 Å². The number of hydrogen-bond acceptors (Lipinski definition) is 4. The Bertz CT molecular complexity index is 1130. The Morgan fingerprint density at radius 3 is 1.90 bits per heavy atom. The van der Waals surface area contributed by atoms with Crippen molar-refractivity contribution in [1.29, 1.82) is 0 Å². The van der Waals surface area contributed by atoms with Gasteiger partial charge in [0, 0.05) is 16.8 Å². The van der Waals surface area contributed by atoms with Gasteiger partial charge < -0.3 is 20.9 Å². The smallest absolute Gasteiger partial charge is 0.127 e. The van der Waals surface area contributed by atoms with Crippen molar-refractivity contribution in [2.75, 3.05) is 11.5 Å². The average Bonchev–Trinajstić information content (AvgIpc) is 3.45. The van der Waals surface area contributed by atoms with Gasteiger partial charge in [0.2, 0.25) is 0 Å². The van der Waals surface area contributed by atoms with E-state index >= 15 is 0 Å². The standard InChI is InChI=1S/C27H26N2O2/c1-3-23(30-25-14-7-21(28)8-15-25)11-6-20-18-27(20,2)19-4-12-24(13-5-19)31-26-16-9-22(29)10-17-26/h3-17H,1,18,28-29H2,2H3/b20-6+,23-11+. The zero-order valence-corrected chi connectivity index (χ0v) is 17.5. The van der Waals surface area contributed by atoms with Crippen LogP contribution in [-0.4, -0.2) is 0 Å². The fraction of sp³-hybridized carbons (Fsp3) is 0.111. The summed E-state index contributed by atoms with van der Waals surface area (Å²) in [6.07, 6.45) is 6.79. The number of anilines is 2. The maximum Gasteiger partial charge on any atom is 0.127 e. The average molecular weight is 411 g/mol. The summed E-state index contributed by atoms with van der Waals surface area (Å²) in [5, 5.41) is 0. The van der Waals surface area contributed by atoms with E-state index in [2.05, 4.69) is 31.7 Å². The Labute approximate surface area is 183 Å². The first-order valence-electron chi connectivity index (χ1n) is 10.2. The van der Waals surface area contributed by atoms with Gasteiger partial charge in [-0.1, -0.05) is 37.3 Å². The van der Waals surface area contributed by atoms with Gasteiger partial charge >= 0.3 is 0 Å². The number of hydrogen-bond donors (Lipinski definition) is 2. The van der Waals surface area contributed by atoms with Crippen molar-refractivity contribution in [3.05, 3.63) is 114 Å².